The summed E-state index contributed by atoms with van der Waals surface area (Å²) in [5.74, 6) is -0.301. The van der Waals surface area contributed by atoms with Crippen LogP contribution in [0.3, 0.4) is 0 Å². The van der Waals surface area contributed by atoms with Gasteiger partial charge in [-0.3, -0.25) is 5.10 Å². The Morgan fingerprint density at radius 3 is 2.67 bits per heavy atom. The first-order valence-electron chi connectivity index (χ1n) is 5.09. The fourth-order valence-corrected chi connectivity index (χ4v) is 1.57. The van der Waals surface area contributed by atoms with E-state index in [2.05, 4.69) is 15.3 Å². The molecule has 0 bridgehead atoms. The van der Waals surface area contributed by atoms with E-state index in [1.807, 2.05) is 0 Å². The summed E-state index contributed by atoms with van der Waals surface area (Å²) in [5, 5.41) is 19.5. The number of rotatable bonds is 3. The fourth-order valence-electron chi connectivity index (χ4n) is 1.34. The Hall–Kier alpha value is -2.28. The number of benzene rings is 1. The van der Waals surface area contributed by atoms with Crippen molar-refractivity contribution >= 4 is 24.4 Å². The molecule has 18 heavy (non-hydrogen) atoms. The van der Waals surface area contributed by atoms with Crippen LogP contribution in [0.5, 0.6) is 0 Å². The molecule has 0 radical (unpaired) electrons. The number of carboxylic acids is 1. The molecule has 1 aromatic carbocycles. The second kappa shape index (κ2) is 4.92. The quantitative estimate of drug-likeness (QED) is 0.653. The number of hydrogen-bond donors (Lipinski definition) is 2. The van der Waals surface area contributed by atoms with Gasteiger partial charge in [-0.25, -0.2) is 4.79 Å². The largest absolute Gasteiger partial charge is 0.478 e. The molecule has 92 valence electrons. The lowest BCUT2D eigenvalue weighted by molar-refractivity contribution is 0.0697. The van der Waals surface area contributed by atoms with E-state index in [1.165, 1.54) is 16.8 Å². The van der Waals surface area contributed by atoms with E-state index < -0.39 is 5.97 Å². The maximum Gasteiger partial charge on any atom is 0.335 e. The van der Waals surface area contributed by atoms with Crippen molar-refractivity contribution in [2.45, 2.75) is 6.92 Å². The number of hydrogen-bond acceptors (Lipinski definition) is 4. The van der Waals surface area contributed by atoms with Gasteiger partial charge in [0, 0.05) is 0 Å². The molecule has 2 rings (SSSR count). The van der Waals surface area contributed by atoms with E-state index in [9.17, 15) is 4.79 Å². The molecule has 0 saturated carbocycles. The van der Waals surface area contributed by atoms with Crippen LogP contribution < -0.4 is 0 Å². The monoisotopic (exact) mass is 262 g/mol. The summed E-state index contributed by atoms with van der Waals surface area (Å²) in [6.45, 7) is 1.77. The van der Waals surface area contributed by atoms with Crippen LogP contribution >= 0.6 is 12.2 Å². The zero-order valence-corrected chi connectivity index (χ0v) is 10.3. The summed E-state index contributed by atoms with van der Waals surface area (Å²) in [5.41, 5.74) is 1.02. The Kier molecular flexibility index (Phi) is 3.33. The van der Waals surface area contributed by atoms with Gasteiger partial charge in [-0.1, -0.05) is 12.1 Å². The van der Waals surface area contributed by atoms with Crippen molar-refractivity contribution in [1.82, 2.24) is 14.9 Å². The zero-order chi connectivity index (χ0) is 13.1. The van der Waals surface area contributed by atoms with Gasteiger partial charge in [0.2, 0.25) is 4.77 Å². The molecule has 0 spiro atoms. The summed E-state index contributed by atoms with van der Waals surface area (Å²) in [7, 11) is 0. The average Bonchev–Trinajstić information content (AvgIpc) is 2.67. The van der Waals surface area contributed by atoms with E-state index >= 15 is 0 Å². The summed E-state index contributed by atoms with van der Waals surface area (Å²) in [6, 6.07) is 6.38. The topological polar surface area (TPSA) is 83.3 Å². The highest BCUT2D eigenvalue weighted by atomic mass is 32.1. The summed E-state index contributed by atoms with van der Waals surface area (Å²) >= 11 is 5.00. The average molecular weight is 262 g/mol. The van der Waals surface area contributed by atoms with Crippen LogP contribution in [-0.4, -0.2) is 32.2 Å². The molecule has 7 heteroatoms. The molecular formula is C11H10N4O2S. The van der Waals surface area contributed by atoms with Crippen molar-refractivity contribution in [2.24, 2.45) is 5.10 Å². The predicted molar refractivity (Wildman–Crippen MR) is 68.5 cm³/mol. The van der Waals surface area contributed by atoms with Gasteiger partial charge in [-0.05, 0) is 36.8 Å². The lowest BCUT2D eigenvalue weighted by atomic mass is 10.1. The summed E-state index contributed by atoms with van der Waals surface area (Å²) in [4.78, 5) is 10.7. The lowest BCUT2D eigenvalue weighted by Crippen LogP contribution is -1.97. The Labute approximate surface area is 108 Å². The van der Waals surface area contributed by atoms with Gasteiger partial charge in [0.1, 0.15) is 5.82 Å². The van der Waals surface area contributed by atoms with E-state index in [1.54, 1.807) is 25.3 Å². The van der Waals surface area contributed by atoms with Crippen molar-refractivity contribution in [2.75, 3.05) is 0 Å². The van der Waals surface area contributed by atoms with Crippen LogP contribution in [0.25, 0.3) is 0 Å². The minimum Gasteiger partial charge on any atom is -0.478 e. The van der Waals surface area contributed by atoms with Crippen LogP contribution in [-0.2, 0) is 0 Å². The first kappa shape index (κ1) is 12.2. The van der Waals surface area contributed by atoms with Crippen molar-refractivity contribution in [3.8, 4) is 0 Å². The molecule has 2 aromatic rings. The number of nitrogens with one attached hydrogen (secondary N) is 1. The van der Waals surface area contributed by atoms with Gasteiger partial charge >= 0.3 is 5.97 Å². The SMILES string of the molecule is Cc1n[nH]c(=S)n1/N=C/c1ccc(C(=O)O)cc1. The molecular weight excluding hydrogens is 252 g/mol. The third-order valence-electron chi connectivity index (χ3n) is 2.29. The number of nitrogens with zero attached hydrogens (tertiary/aromatic N) is 3. The smallest absolute Gasteiger partial charge is 0.335 e. The van der Waals surface area contributed by atoms with Crippen LogP contribution in [0.15, 0.2) is 29.4 Å². The van der Waals surface area contributed by atoms with Crippen molar-refractivity contribution in [3.63, 3.8) is 0 Å². The Morgan fingerprint density at radius 2 is 2.17 bits per heavy atom. The third-order valence-corrected chi connectivity index (χ3v) is 2.56. The molecule has 0 fully saturated rings. The van der Waals surface area contributed by atoms with Crippen molar-refractivity contribution in [1.29, 1.82) is 0 Å². The summed E-state index contributed by atoms with van der Waals surface area (Å²) < 4.78 is 1.89. The molecule has 0 aliphatic heterocycles. The van der Waals surface area contributed by atoms with Crippen LogP contribution in [0.4, 0.5) is 0 Å². The first-order chi connectivity index (χ1) is 8.58. The van der Waals surface area contributed by atoms with Gasteiger partial charge in [-0.15, -0.1) is 0 Å². The minimum absolute atomic E-state index is 0.239. The number of aromatic amines is 1. The molecule has 0 aliphatic rings. The van der Waals surface area contributed by atoms with Crippen LogP contribution in [0, 0.1) is 11.7 Å². The molecule has 0 unspecified atom stereocenters. The predicted octanol–water partition coefficient (Wildman–Crippen LogP) is 1.83. The standard InChI is InChI=1S/C11H10N4O2S/c1-7-13-14-11(18)15(7)12-6-8-2-4-9(5-3-8)10(16)17/h2-6H,1H3,(H,14,18)(H,16,17)/b12-6+. The van der Waals surface area contributed by atoms with Crippen molar-refractivity contribution in [3.05, 3.63) is 46.0 Å². The fraction of sp³-hybridized carbons (Fsp3) is 0.0909. The van der Waals surface area contributed by atoms with E-state index in [4.69, 9.17) is 17.3 Å². The highest BCUT2D eigenvalue weighted by Gasteiger charge is 2.01. The number of aromatic nitrogens is 3. The molecule has 2 N–H and O–H groups in total. The maximum absolute atomic E-state index is 10.7. The molecule has 6 nitrogen and oxygen atoms in total. The first-order valence-corrected chi connectivity index (χ1v) is 5.50. The molecule has 0 saturated heterocycles. The number of carbonyl (C=O) groups is 1. The van der Waals surface area contributed by atoms with Gasteiger partial charge in [0.25, 0.3) is 0 Å². The molecule has 0 amide bonds. The minimum atomic E-state index is -0.952. The Balaban J connectivity index is 2.24. The summed E-state index contributed by atoms with van der Waals surface area (Å²) in [6.07, 6.45) is 1.59. The molecule has 1 aromatic heterocycles. The molecule has 1 heterocycles. The molecule has 0 atom stereocenters. The van der Waals surface area contributed by atoms with E-state index in [-0.39, 0.29) is 5.56 Å². The maximum atomic E-state index is 10.7. The number of H-pyrrole nitrogens is 1. The molecule has 0 aliphatic carbocycles. The van der Waals surface area contributed by atoms with Crippen molar-refractivity contribution < 1.29 is 9.90 Å². The Morgan fingerprint density at radius 1 is 1.50 bits per heavy atom. The van der Waals surface area contributed by atoms with E-state index in [0.29, 0.717) is 10.6 Å². The number of aryl methyl sites for hydroxylation is 1. The Bertz CT molecular complexity index is 654. The van der Waals surface area contributed by atoms with Gasteiger partial charge in [-0.2, -0.15) is 14.9 Å². The normalized spacial score (nSPS) is 10.9. The highest BCUT2D eigenvalue weighted by Crippen LogP contribution is 2.03. The second-order valence-corrected chi connectivity index (χ2v) is 3.95. The van der Waals surface area contributed by atoms with Crippen LogP contribution in [0.1, 0.15) is 21.7 Å². The number of aromatic carboxylic acids is 1. The van der Waals surface area contributed by atoms with Gasteiger partial charge in [0.15, 0.2) is 0 Å². The lowest BCUT2D eigenvalue weighted by Gasteiger charge is -1.96. The van der Waals surface area contributed by atoms with E-state index in [0.717, 1.165) is 5.56 Å². The van der Waals surface area contributed by atoms with Crippen LogP contribution in [0.2, 0.25) is 0 Å². The third kappa shape index (κ3) is 2.51. The number of carboxylic acid groups (broad SMARTS) is 1. The van der Waals surface area contributed by atoms with Gasteiger partial charge < -0.3 is 5.11 Å². The highest BCUT2D eigenvalue weighted by molar-refractivity contribution is 7.71. The zero-order valence-electron chi connectivity index (χ0n) is 9.49. The second-order valence-electron chi connectivity index (χ2n) is 3.56. The van der Waals surface area contributed by atoms with Gasteiger partial charge in [0.05, 0.1) is 11.8 Å².